The standard InChI is InChI=1S/C32H37ClN8O2/c1-21-17-24(9-10-27(21)38-15-13-37(2)14-16-38)35-31-34-18-23-19-40(28-6-4-3-5-26(28)33)32(43)41(29(23)36-31)25-11-12-39(20-25)30(42)22-7-8-22/h3-6,9-10,17-18,22,25H,7-8,11-16,19-20H2,1-2H3,(H,34,35,36)/t25-/m0/s1. The third kappa shape index (κ3) is 5.49. The van der Waals surface area contributed by atoms with Gasteiger partial charge in [-0.05, 0) is 69.1 Å². The summed E-state index contributed by atoms with van der Waals surface area (Å²) < 4.78 is 0. The van der Waals surface area contributed by atoms with Crippen molar-refractivity contribution in [3.63, 3.8) is 0 Å². The minimum atomic E-state index is -0.191. The SMILES string of the molecule is Cc1cc(Nc2ncc3c(n2)N([C@H]2CCN(C(=O)C4CC4)C2)C(=O)N(c2ccccc2Cl)C3)ccc1N1CCN(C)CC1. The van der Waals surface area contributed by atoms with Crippen molar-refractivity contribution in [3.8, 4) is 0 Å². The van der Waals surface area contributed by atoms with Gasteiger partial charge in [-0.3, -0.25) is 14.6 Å². The summed E-state index contributed by atoms with van der Waals surface area (Å²) in [5.74, 6) is 1.36. The van der Waals surface area contributed by atoms with Gasteiger partial charge in [0.05, 0.1) is 23.3 Å². The molecule has 4 heterocycles. The number of carbonyl (C=O) groups is 2. The van der Waals surface area contributed by atoms with E-state index in [0.29, 0.717) is 48.5 Å². The molecule has 3 aliphatic heterocycles. The summed E-state index contributed by atoms with van der Waals surface area (Å²) in [7, 11) is 2.16. The molecule has 1 saturated carbocycles. The van der Waals surface area contributed by atoms with Crippen LogP contribution >= 0.6 is 11.6 Å². The van der Waals surface area contributed by atoms with Gasteiger partial charge in [-0.1, -0.05) is 23.7 Å². The average molecular weight is 601 g/mol. The Morgan fingerprint density at radius 2 is 1.79 bits per heavy atom. The van der Waals surface area contributed by atoms with E-state index in [1.807, 2.05) is 23.1 Å². The number of aryl methyl sites for hydroxylation is 1. The Kier molecular flexibility index (Phi) is 7.34. The number of aromatic nitrogens is 2. The Labute approximate surface area is 257 Å². The molecule has 3 amide bonds. The van der Waals surface area contributed by atoms with Gasteiger partial charge in [-0.25, -0.2) is 9.78 Å². The normalized spacial score (nSPS) is 20.9. The topological polar surface area (TPSA) is 88.1 Å². The Hall–Kier alpha value is -3.89. The number of piperazine rings is 1. The summed E-state index contributed by atoms with van der Waals surface area (Å²) in [6, 6.07) is 13.3. The number of para-hydroxylation sites is 1. The van der Waals surface area contributed by atoms with Crippen molar-refractivity contribution in [1.82, 2.24) is 19.8 Å². The number of carbonyl (C=O) groups excluding carboxylic acids is 2. The van der Waals surface area contributed by atoms with Crippen LogP contribution in [0.3, 0.4) is 0 Å². The fourth-order valence-corrected chi connectivity index (χ4v) is 6.67. The molecule has 3 fully saturated rings. The van der Waals surface area contributed by atoms with E-state index in [-0.39, 0.29) is 23.9 Å². The number of benzene rings is 2. The first-order valence-electron chi connectivity index (χ1n) is 15.2. The molecule has 4 aliphatic rings. The minimum Gasteiger partial charge on any atom is -0.369 e. The highest BCUT2D eigenvalue weighted by Crippen LogP contribution is 2.38. The highest BCUT2D eigenvalue weighted by atomic mass is 35.5. The first-order valence-corrected chi connectivity index (χ1v) is 15.5. The van der Waals surface area contributed by atoms with Crippen LogP contribution in [0.1, 0.15) is 30.4 Å². The molecule has 43 heavy (non-hydrogen) atoms. The molecule has 0 radical (unpaired) electrons. The van der Waals surface area contributed by atoms with Gasteiger partial charge >= 0.3 is 6.03 Å². The number of anilines is 5. The number of fused-ring (bicyclic) bond motifs is 1. The first kappa shape index (κ1) is 27.9. The fraction of sp³-hybridized carbons (Fsp3) is 0.438. The second-order valence-electron chi connectivity index (χ2n) is 12.2. The van der Waals surface area contributed by atoms with Gasteiger partial charge in [0.1, 0.15) is 5.82 Å². The van der Waals surface area contributed by atoms with Gasteiger partial charge in [0.15, 0.2) is 0 Å². The largest absolute Gasteiger partial charge is 0.369 e. The van der Waals surface area contributed by atoms with E-state index in [1.54, 1.807) is 22.1 Å². The predicted molar refractivity (Wildman–Crippen MR) is 169 cm³/mol. The van der Waals surface area contributed by atoms with Crippen molar-refractivity contribution in [2.45, 2.75) is 38.8 Å². The van der Waals surface area contributed by atoms with Crippen molar-refractivity contribution >= 4 is 52.4 Å². The number of hydrogen-bond acceptors (Lipinski definition) is 7. The monoisotopic (exact) mass is 600 g/mol. The minimum absolute atomic E-state index is 0.145. The highest BCUT2D eigenvalue weighted by molar-refractivity contribution is 6.34. The van der Waals surface area contributed by atoms with Crippen LogP contribution in [0.4, 0.5) is 33.6 Å². The number of nitrogens with zero attached hydrogens (tertiary/aromatic N) is 7. The van der Waals surface area contributed by atoms with Crippen LogP contribution in [0, 0.1) is 12.8 Å². The predicted octanol–water partition coefficient (Wildman–Crippen LogP) is 4.89. The molecule has 0 bridgehead atoms. The number of amides is 3. The maximum Gasteiger partial charge on any atom is 0.330 e. The molecule has 2 saturated heterocycles. The molecule has 3 aromatic rings. The van der Waals surface area contributed by atoms with Crippen molar-refractivity contribution < 1.29 is 9.59 Å². The zero-order valence-corrected chi connectivity index (χ0v) is 25.4. The number of nitrogens with one attached hydrogen (secondary N) is 1. The van der Waals surface area contributed by atoms with Crippen molar-refractivity contribution in [3.05, 3.63) is 64.8 Å². The van der Waals surface area contributed by atoms with Gasteiger partial charge in [-0.2, -0.15) is 4.98 Å². The van der Waals surface area contributed by atoms with E-state index in [9.17, 15) is 9.59 Å². The number of halogens is 1. The van der Waals surface area contributed by atoms with Crippen LogP contribution in [0.5, 0.6) is 0 Å². The lowest BCUT2D eigenvalue weighted by Crippen LogP contribution is -2.53. The third-order valence-electron chi connectivity index (χ3n) is 9.04. The van der Waals surface area contributed by atoms with E-state index in [1.165, 1.54) is 11.3 Å². The molecule has 1 aliphatic carbocycles. The zero-order valence-electron chi connectivity index (χ0n) is 24.7. The maximum atomic E-state index is 14.2. The third-order valence-corrected chi connectivity index (χ3v) is 9.36. The van der Waals surface area contributed by atoms with Gasteiger partial charge < -0.3 is 20.0 Å². The van der Waals surface area contributed by atoms with Crippen molar-refractivity contribution in [2.24, 2.45) is 5.92 Å². The summed E-state index contributed by atoms with van der Waals surface area (Å²) in [6.45, 7) is 7.71. The summed E-state index contributed by atoms with van der Waals surface area (Å²) in [5, 5.41) is 3.88. The van der Waals surface area contributed by atoms with Crippen LogP contribution < -0.4 is 20.0 Å². The lowest BCUT2D eigenvalue weighted by molar-refractivity contribution is -0.131. The van der Waals surface area contributed by atoms with E-state index in [4.69, 9.17) is 16.6 Å². The second kappa shape index (κ2) is 11.3. The number of likely N-dealkylation sites (tertiary alicyclic amines) is 1. The van der Waals surface area contributed by atoms with E-state index >= 15 is 0 Å². The molecule has 0 unspecified atom stereocenters. The highest BCUT2D eigenvalue weighted by Gasteiger charge is 2.43. The molecular formula is C32H37ClN8O2. The number of hydrogen-bond donors (Lipinski definition) is 1. The molecule has 0 spiro atoms. The van der Waals surface area contributed by atoms with Crippen LogP contribution in [0.2, 0.25) is 5.02 Å². The van der Waals surface area contributed by atoms with Gasteiger partial charge in [0.25, 0.3) is 0 Å². The Bertz CT molecular complexity index is 1550. The second-order valence-corrected chi connectivity index (χ2v) is 12.6. The molecule has 2 aromatic carbocycles. The Morgan fingerprint density at radius 1 is 1.00 bits per heavy atom. The lowest BCUT2D eigenvalue weighted by Gasteiger charge is -2.39. The summed E-state index contributed by atoms with van der Waals surface area (Å²) >= 11 is 6.55. The average Bonchev–Trinajstić information content (AvgIpc) is 3.74. The summed E-state index contributed by atoms with van der Waals surface area (Å²) in [4.78, 5) is 46.7. The first-order chi connectivity index (χ1) is 20.9. The van der Waals surface area contributed by atoms with Crippen molar-refractivity contribution in [1.29, 1.82) is 0 Å². The molecule has 7 rings (SSSR count). The maximum absolute atomic E-state index is 14.2. The van der Waals surface area contributed by atoms with Gasteiger partial charge in [0, 0.05) is 68.3 Å². The van der Waals surface area contributed by atoms with E-state index < -0.39 is 0 Å². The molecule has 1 aromatic heterocycles. The van der Waals surface area contributed by atoms with Crippen LogP contribution in [-0.2, 0) is 11.3 Å². The van der Waals surface area contributed by atoms with Crippen LogP contribution in [0.15, 0.2) is 48.7 Å². The fourth-order valence-electron chi connectivity index (χ4n) is 6.43. The quantitative estimate of drug-likeness (QED) is 0.431. The Morgan fingerprint density at radius 3 is 2.53 bits per heavy atom. The molecule has 11 heteroatoms. The van der Waals surface area contributed by atoms with Crippen molar-refractivity contribution in [2.75, 3.05) is 66.3 Å². The molecule has 10 nitrogen and oxygen atoms in total. The summed E-state index contributed by atoms with van der Waals surface area (Å²) in [5.41, 5.74) is 4.80. The number of likely N-dealkylation sites (N-methyl/N-ethyl adjacent to an activating group) is 1. The molecule has 1 atom stereocenters. The van der Waals surface area contributed by atoms with Crippen LogP contribution in [0.25, 0.3) is 0 Å². The van der Waals surface area contributed by atoms with Gasteiger partial charge in [0.2, 0.25) is 11.9 Å². The lowest BCUT2D eigenvalue weighted by atomic mass is 10.1. The summed E-state index contributed by atoms with van der Waals surface area (Å²) in [6.07, 6.45) is 4.41. The molecule has 1 N–H and O–H groups in total. The number of rotatable bonds is 6. The van der Waals surface area contributed by atoms with E-state index in [2.05, 4.69) is 52.3 Å². The Balaban J connectivity index is 1.17. The van der Waals surface area contributed by atoms with Crippen LogP contribution in [-0.4, -0.2) is 84.1 Å². The van der Waals surface area contributed by atoms with Gasteiger partial charge in [-0.15, -0.1) is 0 Å². The number of urea groups is 1. The molecular weight excluding hydrogens is 564 g/mol. The van der Waals surface area contributed by atoms with E-state index in [0.717, 1.165) is 50.3 Å². The zero-order chi connectivity index (χ0) is 29.7. The smallest absolute Gasteiger partial charge is 0.330 e. The molecule has 224 valence electrons.